The zero-order valence-corrected chi connectivity index (χ0v) is 13.3. The number of nitrogens with zero attached hydrogens (tertiary/aromatic N) is 1. The van der Waals surface area contributed by atoms with Gasteiger partial charge >= 0.3 is 0 Å². The number of halogens is 3. The van der Waals surface area contributed by atoms with Crippen LogP contribution in [0.25, 0.3) is 0 Å². The van der Waals surface area contributed by atoms with Gasteiger partial charge in [-0.05, 0) is 28.1 Å². The number of β-amino-alcohol motifs (C(OH)–C–C–N with tert-alkyl or cyclic N) is 1. The SMILES string of the molecule is O=C1C=C(Nc2cccc(OCC(F)F)c2Br)C(=O)N1CCO. The van der Waals surface area contributed by atoms with E-state index in [0.29, 0.717) is 10.2 Å². The van der Waals surface area contributed by atoms with Gasteiger partial charge in [-0.2, -0.15) is 0 Å². The van der Waals surface area contributed by atoms with Gasteiger partial charge in [-0.1, -0.05) is 6.07 Å². The number of hydrogen-bond donors (Lipinski definition) is 2. The summed E-state index contributed by atoms with van der Waals surface area (Å²) in [5, 5.41) is 11.6. The van der Waals surface area contributed by atoms with Crippen LogP contribution in [0.5, 0.6) is 5.75 Å². The summed E-state index contributed by atoms with van der Waals surface area (Å²) < 4.78 is 29.7. The number of anilines is 1. The highest BCUT2D eigenvalue weighted by Crippen LogP contribution is 2.34. The average Bonchev–Trinajstić information content (AvgIpc) is 2.76. The Kier molecular flexibility index (Phi) is 5.67. The fraction of sp³-hybridized carbons (Fsp3) is 0.286. The number of ether oxygens (including phenoxy) is 1. The molecule has 9 heteroatoms. The Hall–Kier alpha value is -2.00. The van der Waals surface area contributed by atoms with Crippen molar-refractivity contribution in [1.29, 1.82) is 0 Å². The molecule has 1 aliphatic heterocycles. The highest BCUT2D eigenvalue weighted by Gasteiger charge is 2.31. The van der Waals surface area contributed by atoms with Crippen molar-refractivity contribution in [1.82, 2.24) is 4.90 Å². The first-order chi connectivity index (χ1) is 10.9. The van der Waals surface area contributed by atoms with Gasteiger partial charge in [-0.3, -0.25) is 14.5 Å². The van der Waals surface area contributed by atoms with E-state index in [-0.39, 0.29) is 24.6 Å². The van der Waals surface area contributed by atoms with Crippen LogP contribution in [0.15, 0.2) is 34.4 Å². The van der Waals surface area contributed by atoms with Crippen LogP contribution in [-0.2, 0) is 9.59 Å². The second-order valence-electron chi connectivity index (χ2n) is 4.52. The van der Waals surface area contributed by atoms with E-state index in [1.54, 1.807) is 12.1 Å². The lowest BCUT2D eigenvalue weighted by Gasteiger charge is -2.15. The average molecular weight is 391 g/mol. The number of hydrogen-bond acceptors (Lipinski definition) is 5. The minimum absolute atomic E-state index is 0.0233. The summed E-state index contributed by atoms with van der Waals surface area (Å²) in [6, 6.07) is 4.64. The van der Waals surface area contributed by atoms with Crippen molar-refractivity contribution in [3.8, 4) is 5.75 Å². The molecular formula is C14H13BrF2N2O4. The molecule has 124 valence electrons. The van der Waals surface area contributed by atoms with E-state index in [1.807, 2.05) is 0 Å². The standard InChI is InChI=1S/C14H13BrF2N2O4/c15-13-8(2-1-3-10(13)23-7-11(16)17)18-9-6-12(21)19(4-5-20)14(9)22/h1-3,6,11,18,20H,4-5,7H2. The van der Waals surface area contributed by atoms with Crippen LogP contribution in [-0.4, -0.2) is 48.0 Å². The van der Waals surface area contributed by atoms with E-state index in [2.05, 4.69) is 21.2 Å². The van der Waals surface area contributed by atoms with Gasteiger partial charge in [-0.25, -0.2) is 8.78 Å². The van der Waals surface area contributed by atoms with Crippen molar-refractivity contribution in [3.05, 3.63) is 34.4 Å². The third kappa shape index (κ3) is 4.05. The number of aliphatic hydroxyl groups excluding tert-OH is 1. The number of carbonyl (C=O) groups is 2. The first-order valence-corrected chi connectivity index (χ1v) is 7.38. The summed E-state index contributed by atoms with van der Waals surface area (Å²) in [4.78, 5) is 24.6. The minimum Gasteiger partial charge on any atom is -0.486 e. The third-order valence-corrected chi connectivity index (χ3v) is 3.75. The van der Waals surface area contributed by atoms with E-state index in [9.17, 15) is 18.4 Å². The van der Waals surface area contributed by atoms with Crippen LogP contribution in [0.1, 0.15) is 0 Å². The Labute approximate surface area is 138 Å². The molecule has 0 unspecified atom stereocenters. The van der Waals surface area contributed by atoms with E-state index < -0.39 is 24.8 Å². The smallest absolute Gasteiger partial charge is 0.277 e. The molecule has 0 spiro atoms. The Morgan fingerprint density at radius 3 is 2.74 bits per heavy atom. The van der Waals surface area contributed by atoms with Crippen molar-refractivity contribution in [2.24, 2.45) is 0 Å². The molecule has 0 aliphatic carbocycles. The molecule has 1 aliphatic rings. The largest absolute Gasteiger partial charge is 0.486 e. The molecule has 0 radical (unpaired) electrons. The van der Waals surface area contributed by atoms with E-state index in [4.69, 9.17) is 9.84 Å². The Bertz CT molecular complexity index is 652. The van der Waals surface area contributed by atoms with Crippen molar-refractivity contribution in [2.45, 2.75) is 6.43 Å². The fourth-order valence-electron chi connectivity index (χ4n) is 1.93. The summed E-state index contributed by atoms with van der Waals surface area (Å²) in [6.07, 6.45) is -1.50. The number of benzene rings is 1. The molecule has 0 aromatic heterocycles. The molecule has 1 aromatic rings. The molecule has 0 bridgehead atoms. The molecule has 2 amide bonds. The Balaban J connectivity index is 2.15. The molecule has 0 atom stereocenters. The molecule has 23 heavy (non-hydrogen) atoms. The van der Waals surface area contributed by atoms with E-state index in [1.165, 1.54) is 6.07 Å². The first-order valence-electron chi connectivity index (χ1n) is 6.59. The van der Waals surface area contributed by atoms with Crippen molar-refractivity contribution in [2.75, 3.05) is 25.1 Å². The lowest BCUT2D eigenvalue weighted by Crippen LogP contribution is -2.34. The lowest BCUT2D eigenvalue weighted by molar-refractivity contribution is -0.137. The summed E-state index contributed by atoms with van der Waals surface area (Å²) in [5.74, 6) is -0.928. The maximum Gasteiger partial charge on any atom is 0.277 e. The first kappa shape index (κ1) is 17.4. The van der Waals surface area contributed by atoms with E-state index in [0.717, 1.165) is 11.0 Å². The molecule has 2 N–H and O–H groups in total. The molecule has 1 aromatic carbocycles. The van der Waals surface area contributed by atoms with Gasteiger partial charge in [0.25, 0.3) is 18.2 Å². The zero-order chi connectivity index (χ0) is 17.0. The van der Waals surface area contributed by atoms with Gasteiger partial charge in [0.2, 0.25) is 0 Å². The highest BCUT2D eigenvalue weighted by molar-refractivity contribution is 9.10. The van der Waals surface area contributed by atoms with Gasteiger partial charge in [0.05, 0.1) is 23.3 Å². The summed E-state index contributed by atoms with van der Waals surface area (Å²) in [5.41, 5.74) is 0.408. The number of alkyl halides is 2. The number of imide groups is 1. The normalized spacial score (nSPS) is 14.5. The summed E-state index contributed by atoms with van der Waals surface area (Å²) in [6.45, 7) is -1.19. The summed E-state index contributed by atoms with van der Waals surface area (Å²) in [7, 11) is 0. The van der Waals surface area contributed by atoms with Gasteiger partial charge in [0.1, 0.15) is 18.1 Å². The van der Waals surface area contributed by atoms with Crippen LogP contribution in [0, 0.1) is 0 Å². The van der Waals surface area contributed by atoms with Gasteiger partial charge in [0.15, 0.2) is 0 Å². The Morgan fingerprint density at radius 1 is 1.35 bits per heavy atom. The van der Waals surface area contributed by atoms with Crippen molar-refractivity contribution < 1.29 is 28.2 Å². The number of nitrogens with one attached hydrogen (secondary N) is 1. The second-order valence-corrected chi connectivity index (χ2v) is 5.31. The molecular weight excluding hydrogens is 378 g/mol. The Morgan fingerprint density at radius 2 is 2.09 bits per heavy atom. The maximum atomic E-state index is 12.2. The van der Waals surface area contributed by atoms with Crippen LogP contribution < -0.4 is 10.1 Å². The van der Waals surface area contributed by atoms with Gasteiger partial charge < -0.3 is 15.2 Å². The number of carbonyl (C=O) groups excluding carboxylic acids is 2. The number of amides is 2. The highest BCUT2D eigenvalue weighted by atomic mass is 79.9. The maximum absolute atomic E-state index is 12.2. The van der Waals surface area contributed by atoms with Crippen LogP contribution >= 0.6 is 15.9 Å². The number of rotatable bonds is 7. The number of aliphatic hydroxyl groups is 1. The predicted octanol–water partition coefficient (Wildman–Crippen LogP) is 1.75. The topological polar surface area (TPSA) is 78.9 Å². The van der Waals surface area contributed by atoms with Crippen molar-refractivity contribution >= 4 is 33.4 Å². The fourth-order valence-corrected chi connectivity index (χ4v) is 2.40. The molecule has 2 rings (SSSR count). The monoisotopic (exact) mass is 390 g/mol. The quantitative estimate of drug-likeness (QED) is 0.693. The van der Waals surface area contributed by atoms with Crippen molar-refractivity contribution in [3.63, 3.8) is 0 Å². The van der Waals surface area contributed by atoms with Gasteiger partial charge in [0, 0.05) is 6.08 Å². The van der Waals surface area contributed by atoms with Crippen LogP contribution in [0.2, 0.25) is 0 Å². The molecule has 0 saturated carbocycles. The molecule has 1 heterocycles. The molecule has 6 nitrogen and oxygen atoms in total. The van der Waals surface area contributed by atoms with Crippen LogP contribution in [0.4, 0.5) is 14.5 Å². The predicted molar refractivity (Wildman–Crippen MR) is 81.2 cm³/mol. The van der Waals surface area contributed by atoms with Gasteiger partial charge in [-0.15, -0.1) is 0 Å². The summed E-state index contributed by atoms with van der Waals surface area (Å²) >= 11 is 3.21. The second kappa shape index (κ2) is 7.51. The third-order valence-electron chi connectivity index (χ3n) is 2.93. The minimum atomic E-state index is -2.61. The molecule has 0 saturated heterocycles. The van der Waals surface area contributed by atoms with E-state index >= 15 is 0 Å². The van der Waals surface area contributed by atoms with Crippen LogP contribution in [0.3, 0.4) is 0 Å². The molecule has 0 fully saturated rings. The zero-order valence-electron chi connectivity index (χ0n) is 11.8. The lowest BCUT2D eigenvalue weighted by atomic mass is 10.3.